The van der Waals surface area contributed by atoms with Crippen LogP contribution < -0.4 is 10.2 Å². The lowest BCUT2D eigenvalue weighted by Crippen LogP contribution is -2.37. The van der Waals surface area contributed by atoms with Gasteiger partial charge in [0.05, 0.1) is 16.7 Å². The quantitative estimate of drug-likeness (QED) is 0.135. The van der Waals surface area contributed by atoms with Gasteiger partial charge in [0, 0.05) is 25.6 Å². The van der Waals surface area contributed by atoms with E-state index < -0.39 is 0 Å². The van der Waals surface area contributed by atoms with Crippen molar-refractivity contribution >= 4 is 34.6 Å². The molecule has 0 saturated carbocycles. The van der Waals surface area contributed by atoms with Gasteiger partial charge < -0.3 is 14.6 Å². The van der Waals surface area contributed by atoms with Crippen LogP contribution in [0.2, 0.25) is 0 Å². The highest BCUT2D eigenvalue weighted by Gasteiger charge is 2.23. The van der Waals surface area contributed by atoms with Crippen LogP contribution in [0, 0.1) is 6.92 Å². The van der Waals surface area contributed by atoms with Crippen molar-refractivity contribution in [3.8, 4) is 0 Å². The first kappa shape index (κ1) is 28.8. The monoisotopic (exact) mass is 538 g/mol. The van der Waals surface area contributed by atoms with E-state index in [1.807, 2.05) is 85.1 Å². The van der Waals surface area contributed by atoms with Crippen molar-refractivity contribution in [1.82, 2.24) is 14.9 Å². The third kappa shape index (κ3) is 7.24. The molecule has 1 N–H and O–H groups in total. The van der Waals surface area contributed by atoms with E-state index in [0.29, 0.717) is 26.0 Å². The van der Waals surface area contributed by atoms with Gasteiger partial charge in [-0.1, -0.05) is 67.6 Å². The van der Waals surface area contributed by atoms with Crippen LogP contribution in [0.4, 0.5) is 5.69 Å². The molecule has 7 heteroatoms. The summed E-state index contributed by atoms with van der Waals surface area (Å²) in [6.45, 7) is 7.42. The lowest BCUT2D eigenvalue weighted by atomic mass is 10.0. The highest BCUT2D eigenvalue weighted by atomic mass is 16.5. The number of carbonyl (C=O) groups excluding carboxylic acids is 2. The minimum atomic E-state index is -0.135. The van der Waals surface area contributed by atoms with Crippen molar-refractivity contribution in [2.24, 2.45) is 0 Å². The Kier molecular flexibility index (Phi) is 10.2. The van der Waals surface area contributed by atoms with Gasteiger partial charge in [0.25, 0.3) is 0 Å². The molecular formula is C33H38N4O3. The zero-order valence-corrected chi connectivity index (χ0v) is 23.6. The van der Waals surface area contributed by atoms with E-state index >= 15 is 0 Å². The molecule has 1 aromatic heterocycles. The van der Waals surface area contributed by atoms with Crippen LogP contribution in [-0.2, 0) is 33.7 Å². The lowest BCUT2D eigenvalue weighted by Gasteiger charge is -2.27. The van der Waals surface area contributed by atoms with Crippen molar-refractivity contribution in [2.75, 3.05) is 24.8 Å². The fourth-order valence-electron chi connectivity index (χ4n) is 4.80. The number of anilines is 1. The summed E-state index contributed by atoms with van der Waals surface area (Å²) in [6.07, 6.45) is 5.49. The SMILES string of the molecule is CCOCN(C(=O)Cn1c(CCCNC(=O)/C=C/c2ccccc2)nc2ccccc21)c1c(C)cccc1CC. The number of benzene rings is 3. The molecule has 0 unspecified atom stereocenters. The first-order chi connectivity index (χ1) is 19.5. The van der Waals surface area contributed by atoms with Crippen molar-refractivity contribution in [1.29, 1.82) is 0 Å². The molecule has 0 bridgehead atoms. The molecule has 1 heterocycles. The van der Waals surface area contributed by atoms with Crippen LogP contribution in [0.5, 0.6) is 0 Å². The van der Waals surface area contributed by atoms with Gasteiger partial charge in [-0.2, -0.15) is 0 Å². The minimum Gasteiger partial charge on any atom is -0.361 e. The smallest absolute Gasteiger partial charge is 0.248 e. The number of nitrogens with zero attached hydrogens (tertiary/aromatic N) is 3. The third-order valence-corrected chi connectivity index (χ3v) is 6.83. The number of rotatable bonds is 13. The van der Waals surface area contributed by atoms with E-state index in [1.165, 1.54) is 0 Å². The molecule has 0 atom stereocenters. The molecule has 40 heavy (non-hydrogen) atoms. The van der Waals surface area contributed by atoms with Crippen LogP contribution in [0.3, 0.4) is 0 Å². The normalized spacial score (nSPS) is 11.3. The average molecular weight is 539 g/mol. The Morgan fingerprint density at radius 1 is 1.00 bits per heavy atom. The zero-order chi connectivity index (χ0) is 28.3. The number of hydrogen-bond donors (Lipinski definition) is 1. The second kappa shape index (κ2) is 14.2. The van der Waals surface area contributed by atoms with Gasteiger partial charge in [0.2, 0.25) is 11.8 Å². The number of hydrogen-bond acceptors (Lipinski definition) is 4. The molecule has 0 fully saturated rings. The summed E-state index contributed by atoms with van der Waals surface area (Å²) >= 11 is 0. The molecular weight excluding hydrogens is 500 g/mol. The number of carbonyl (C=O) groups is 2. The number of fused-ring (bicyclic) bond motifs is 1. The van der Waals surface area contributed by atoms with Gasteiger partial charge in [-0.25, -0.2) is 4.98 Å². The number of nitrogens with one attached hydrogen (secondary N) is 1. The Balaban J connectivity index is 1.48. The van der Waals surface area contributed by atoms with Gasteiger partial charge >= 0.3 is 0 Å². The summed E-state index contributed by atoms with van der Waals surface area (Å²) in [5, 5.41) is 2.94. The zero-order valence-electron chi connectivity index (χ0n) is 23.6. The Morgan fingerprint density at radius 2 is 1.77 bits per heavy atom. The van der Waals surface area contributed by atoms with E-state index in [4.69, 9.17) is 9.72 Å². The lowest BCUT2D eigenvalue weighted by molar-refractivity contribution is -0.120. The van der Waals surface area contributed by atoms with Crippen LogP contribution in [0.1, 0.15) is 42.8 Å². The summed E-state index contributed by atoms with van der Waals surface area (Å²) in [7, 11) is 0. The maximum Gasteiger partial charge on any atom is 0.248 e. The summed E-state index contributed by atoms with van der Waals surface area (Å²) in [5.74, 6) is 0.630. The fraction of sp³-hybridized carbons (Fsp3) is 0.303. The summed E-state index contributed by atoms with van der Waals surface area (Å²) < 4.78 is 7.74. The number of ether oxygens (including phenoxy) is 1. The number of imidazole rings is 1. The third-order valence-electron chi connectivity index (χ3n) is 6.83. The number of aromatic nitrogens is 2. The Hall–Kier alpha value is -4.23. The van der Waals surface area contributed by atoms with Gasteiger partial charge in [0.15, 0.2) is 0 Å². The van der Waals surface area contributed by atoms with E-state index in [0.717, 1.165) is 45.7 Å². The van der Waals surface area contributed by atoms with Crippen LogP contribution in [-0.4, -0.2) is 41.2 Å². The van der Waals surface area contributed by atoms with Crippen LogP contribution in [0.25, 0.3) is 17.1 Å². The van der Waals surface area contributed by atoms with Gasteiger partial charge in [-0.05, 0) is 61.6 Å². The number of aryl methyl sites for hydroxylation is 3. The first-order valence-corrected chi connectivity index (χ1v) is 13.9. The summed E-state index contributed by atoms with van der Waals surface area (Å²) in [5.41, 5.74) is 5.81. The van der Waals surface area contributed by atoms with Crippen molar-refractivity contribution in [2.45, 2.75) is 46.6 Å². The predicted molar refractivity (Wildman–Crippen MR) is 161 cm³/mol. The van der Waals surface area contributed by atoms with Crippen LogP contribution >= 0.6 is 0 Å². The standard InChI is InChI=1S/C33H38N4O3/c1-4-27-16-11-13-25(3)33(27)37(24-40-5-2)32(39)23-36-29-18-10-9-17-28(29)35-30(36)19-12-22-34-31(38)21-20-26-14-7-6-8-15-26/h6-11,13-18,20-21H,4-5,12,19,22-24H2,1-3H3,(H,34,38)/b21-20+. The molecule has 0 aliphatic carbocycles. The Labute approximate surface area is 236 Å². The summed E-state index contributed by atoms with van der Waals surface area (Å²) in [4.78, 5) is 32.7. The van der Waals surface area contributed by atoms with Crippen molar-refractivity contribution in [3.63, 3.8) is 0 Å². The minimum absolute atomic E-state index is 0.0544. The molecule has 0 saturated heterocycles. The van der Waals surface area contributed by atoms with E-state index in [9.17, 15) is 9.59 Å². The molecule has 4 rings (SSSR count). The highest BCUT2D eigenvalue weighted by molar-refractivity contribution is 5.95. The largest absolute Gasteiger partial charge is 0.361 e. The molecule has 3 aromatic carbocycles. The first-order valence-electron chi connectivity index (χ1n) is 13.9. The second-order valence-electron chi connectivity index (χ2n) is 9.62. The van der Waals surface area contributed by atoms with Gasteiger partial charge in [0.1, 0.15) is 19.1 Å². The molecule has 208 valence electrons. The maximum atomic E-state index is 13.9. The fourth-order valence-corrected chi connectivity index (χ4v) is 4.80. The van der Waals surface area contributed by atoms with E-state index in [1.54, 1.807) is 17.1 Å². The van der Waals surface area contributed by atoms with Crippen molar-refractivity contribution < 1.29 is 14.3 Å². The molecule has 0 radical (unpaired) electrons. The van der Waals surface area contributed by atoms with Crippen LogP contribution in [0.15, 0.2) is 78.9 Å². The second-order valence-corrected chi connectivity index (χ2v) is 9.62. The molecule has 0 aliphatic rings. The Morgan fingerprint density at radius 3 is 2.55 bits per heavy atom. The predicted octanol–water partition coefficient (Wildman–Crippen LogP) is 5.70. The number of para-hydroxylation sites is 3. The Bertz CT molecular complexity index is 1460. The average Bonchev–Trinajstić information content (AvgIpc) is 3.32. The highest BCUT2D eigenvalue weighted by Crippen LogP contribution is 2.27. The molecule has 4 aromatic rings. The molecule has 2 amide bonds. The van der Waals surface area contributed by atoms with E-state index in [2.05, 4.69) is 18.3 Å². The van der Waals surface area contributed by atoms with Gasteiger partial charge in [-0.15, -0.1) is 0 Å². The van der Waals surface area contributed by atoms with Gasteiger partial charge in [-0.3, -0.25) is 14.5 Å². The maximum absolute atomic E-state index is 13.9. The molecule has 0 spiro atoms. The summed E-state index contributed by atoms with van der Waals surface area (Å²) in [6, 6.07) is 23.7. The van der Waals surface area contributed by atoms with E-state index in [-0.39, 0.29) is 25.1 Å². The topological polar surface area (TPSA) is 76.5 Å². The number of amides is 2. The molecule has 7 nitrogen and oxygen atoms in total. The molecule has 0 aliphatic heterocycles. The van der Waals surface area contributed by atoms with Crippen molar-refractivity contribution in [3.05, 3.63) is 101 Å².